The van der Waals surface area contributed by atoms with Crippen molar-refractivity contribution in [2.45, 2.75) is 26.9 Å². The lowest BCUT2D eigenvalue weighted by Crippen LogP contribution is -2.32. The molecule has 0 bridgehead atoms. The molecule has 0 saturated carbocycles. The molecule has 0 atom stereocenters. The maximum absolute atomic E-state index is 13.6. The van der Waals surface area contributed by atoms with Gasteiger partial charge in [-0.25, -0.2) is 9.97 Å². The first-order valence-electron chi connectivity index (χ1n) is 9.69. The van der Waals surface area contributed by atoms with Gasteiger partial charge in [0.15, 0.2) is 17.8 Å². The molecular formula is C22H24N6O2. The van der Waals surface area contributed by atoms with Gasteiger partial charge in [0, 0.05) is 43.3 Å². The van der Waals surface area contributed by atoms with E-state index in [0.717, 1.165) is 28.3 Å². The van der Waals surface area contributed by atoms with Crippen molar-refractivity contribution in [3.8, 4) is 11.3 Å². The first-order chi connectivity index (χ1) is 14.5. The molecule has 3 heterocycles. The summed E-state index contributed by atoms with van der Waals surface area (Å²) in [6.45, 7) is 4.71. The van der Waals surface area contributed by atoms with Crippen LogP contribution in [0.2, 0.25) is 0 Å². The Hall–Kier alpha value is -3.68. The highest BCUT2D eigenvalue weighted by Crippen LogP contribution is 2.25. The van der Waals surface area contributed by atoms with Gasteiger partial charge < -0.3 is 13.9 Å². The Morgan fingerprint density at radius 2 is 1.87 bits per heavy atom. The molecule has 1 aromatic carbocycles. The maximum Gasteiger partial charge on any atom is 0.277 e. The van der Waals surface area contributed by atoms with Crippen LogP contribution < -0.4 is 0 Å². The van der Waals surface area contributed by atoms with Crippen LogP contribution in [0, 0.1) is 13.8 Å². The van der Waals surface area contributed by atoms with Gasteiger partial charge in [-0.1, -0.05) is 30.3 Å². The number of benzene rings is 1. The van der Waals surface area contributed by atoms with Crippen LogP contribution in [0.15, 0.2) is 53.5 Å². The number of carbonyl (C=O) groups is 1. The summed E-state index contributed by atoms with van der Waals surface area (Å²) in [6.07, 6.45) is 4.91. The largest absolute Gasteiger partial charge is 0.443 e. The van der Waals surface area contributed by atoms with Crippen molar-refractivity contribution in [2.75, 3.05) is 0 Å². The first-order valence-corrected chi connectivity index (χ1v) is 9.69. The third-order valence-electron chi connectivity index (χ3n) is 5.35. The van der Waals surface area contributed by atoms with E-state index in [1.54, 1.807) is 11.1 Å². The SMILES string of the molecule is Cc1nn(C)c(C)c1CN(Cc1nccn1C)C(=O)c1ncoc1-c1ccccc1. The van der Waals surface area contributed by atoms with Gasteiger partial charge in [0.05, 0.1) is 18.8 Å². The summed E-state index contributed by atoms with van der Waals surface area (Å²) in [4.78, 5) is 24.0. The van der Waals surface area contributed by atoms with E-state index in [2.05, 4.69) is 15.1 Å². The zero-order valence-electron chi connectivity index (χ0n) is 17.5. The third-order valence-corrected chi connectivity index (χ3v) is 5.35. The van der Waals surface area contributed by atoms with Crippen molar-refractivity contribution >= 4 is 5.91 Å². The smallest absolute Gasteiger partial charge is 0.277 e. The summed E-state index contributed by atoms with van der Waals surface area (Å²) in [7, 11) is 3.82. The topological polar surface area (TPSA) is 82.0 Å². The van der Waals surface area contributed by atoms with E-state index < -0.39 is 0 Å². The van der Waals surface area contributed by atoms with Crippen molar-refractivity contribution in [3.63, 3.8) is 0 Å². The molecule has 0 aliphatic rings. The van der Waals surface area contributed by atoms with Crippen LogP contribution in [0.1, 0.15) is 33.3 Å². The molecular weight excluding hydrogens is 380 g/mol. The van der Waals surface area contributed by atoms with Crippen molar-refractivity contribution < 1.29 is 9.21 Å². The van der Waals surface area contributed by atoms with Crippen LogP contribution >= 0.6 is 0 Å². The Bertz CT molecular complexity index is 1170. The summed E-state index contributed by atoms with van der Waals surface area (Å²) in [5.41, 5.74) is 4.04. The number of hydrogen-bond acceptors (Lipinski definition) is 5. The lowest BCUT2D eigenvalue weighted by Gasteiger charge is -2.22. The highest BCUT2D eigenvalue weighted by molar-refractivity contribution is 5.97. The minimum absolute atomic E-state index is 0.215. The van der Waals surface area contributed by atoms with Gasteiger partial charge in [-0.2, -0.15) is 5.10 Å². The lowest BCUT2D eigenvalue weighted by molar-refractivity contribution is 0.0718. The molecule has 4 aromatic rings. The number of oxazole rings is 1. The van der Waals surface area contributed by atoms with Gasteiger partial charge in [-0.3, -0.25) is 9.48 Å². The van der Waals surface area contributed by atoms with Crippen molar-refractivity contribution in [1.29, 1.82) is 0 Å². The molecule has 0 radical (unpaired) electrons. The summed E-state index contributed by atoms with van der Waals surface area (Å²) >= 11 is 0. The fourth-order valence-electron chi connectivity index (χ4n) is 3.50. The molecule has 154 valence electrons. The summed E-state index contributed by atoms with van der Waals surface area (Å²) in [6, 6.07) is 9.52. The highest BCUT2D eigenvalue weighted by atomic mass is 16.3. The maximum atomic E-state index is 13.6. The van der Waals surface area contributed by atoms with E-state index in [1.807, 2.05) is 73.7 Å². The minimum atomic E-state index is -0.215. The number of carbonyl (C=O) groups excluding carboxylic acids is 1. The van der Waals surface area contributed by atoms with Gasteiger partial charge in [-0.05, 0) is 13.8 Å². The Labute approximate surface area is 174 Å². The highest BCUT2D eigenvalue weighted by Gasteiger charge is 2.26. The van der Waals surface area contributed by atoms with E-state index in [4.69, 9.17) is 4.42 Å². The van der Waals surface area contributed by atoms with E-state index in [-0.39, 0.29) is 11.6 Å². The second-order valence-corrected chi connectivity index (χ2v) is 7.28. The fraction of sp³-hybridized carbons (Fsp3) is 0.273. The van der Waals surface area contributed by atoms with Gasteiger partial charge in [0.2, 0.25) is 0 Å². The van der Waals surface area contributed by atoms with E-state index in [9.17, 15) is 4.79 Å². The number of hydrogen-bond donors (Lipinski definition) is 0. The predicted molar refractivity (Wildman–Crippen MR) is 111 cm³/mol. The Balaban J connectivity index is 1.72. The van der Waals surface area contributed by atoms with Crippen LogP contribution in [-0.4, -0.2) is 35.1 Å². The molecule has 8 nitrogen and oxygen atoms in total. The van der Waals surface area contributed by atoms with Crippen LogP contribution in [-0.2, 0) is 27.2 Å². The molecule has 4 rings (SSSR count). The monoisotopic (exact) mass is 404 g/mol. The average molecular weight is 404 g/mol. The second kappa shape index (κ2) is 7.98. The summed E-state index contributed by atoms with van der Waals surface area (Å²) in [5.74, 6) is 1.03. The molecule has 8 heteroatoms. The first kappa shape index (κ1) is 19.6. The van der Waals surface area contributed by atoms with Crippen molar-refractivity contribution in [1.82, 2.24) is 29.2 Å². The molecule has 0 N–H and O–H groups in total. The second-order valence-electron chi connectivity index (χ2n) is 7.28. The third kappa shape index (κ3) is 3.63. The van der Waals surface area contributed by atoms with Crippen molar-refractivity contribution in [2.24, 2.45) is 14.1 Å². The van der Waals surface area contributed by atoms with Crippen LogP contribution in [0.3, 0.4) is 0 Å². The zero-order chi connectivity index (χ0) is 21.3. The van der Waals surface area contributed by atoms with Gasteiger partial charge in [0.25, 0.3) is 5.91 Å². The van der Waals surface area contributed by atoms with Crippen LogP contribution in [0.4, 0.5) is 0 Å². The molecule has 3 aromatic heterocycles. The molecule has 0 unspecified atom stereocenters. The summed E-state index contributed by atoms with van der Waals surface area (Å²) in [5, 5.41) is 4.49. The molecule has 1 amide bonds. The number of aryl methyl sites for hydroxylation is 3. The molecule has 0 aliphatic carbocycles. The van der Waals surface area contributed by atoms with Gasteiger partial charge in [0.1, 0.15) is 5.82 Å². The standard InChI is InChI=1S/C22H24N6O2/c1-15-18(16(2)27(4)25-15)12-28(13-19-23-10-11-26(19)3)22(29)20-21(30-14-24-20)17-8-6-5-7-9-17/h5-11,14H,12-13H2,1-4H3. The lowest BCUT2D eigenvalue weighted by atomic mass is 10.1. The van der Waals surface area contributed by atoms with Crippen LogP contribution in [0.5, 0.6) is 0 Å². The number of rotatable bonds is 6. The fourth-order valence-corrected chi connectivity index (χ4v) is 3.50. The van der Waals surface area contributed by atoms with E-state index in [1.165, 1.54) is 6.39 Å². The normalized spacial score (nSPS) is 11.1. The quantitative estimate of drug-likeness (QED) is 0.493. The Morgan fingerprint density at radius 3 is 2.50 bits per heavy atom. The number of imidazole rings is 1. The number of nitrogens with zero attached hydrogens (tertiary/aromatic N) is 6. The number of aromatic nitrogens is 5. The van der Waals surface area contributed by atoms with Crippen molar-refractivity contribution in [3.05, 3.63) is 77.6 Å². The summed E-state index contributed by atoms with van der Waals surface area (Å²) < 4.78 is 9.33. The van der Waals surface area contributed by atoms with Gasteiger partial charge >= 0.3 is 0 Å². The zero-order valence-corrected chi connectivity index (χ0v) is 17.5. The van der Waals surface area contributed by atoms with Gasteiger partial charge in [-0.15, -0.1) is 0 Å². The van der Waals surface area contributed by atoms with E-state index >= 15 is 0 Å². The molecule has 0 spiro atoms. The predicted octanol–water partition coefficient (Wildman–Crippen LogP) is 3.27. The Kier molecular flexibility index (Phi) is 5.22. The average Bonchev–Trinajstić information content (AvgIpc) is 3.44. The minimum Gasteiger partial charge on any atom is -0.443 e. The van der Waals surface area contributed by atoms with Crippen LogP contribution in [0.25, 0.3) is 11.3 Å². The molecule has 0 aliphatic heterocycles. The molecule has 0 fully saturated rings. The Morgan fingerprint density at radius 1 is 1.10 bits per heavy atom. The number of amides is 1. The molecule has 0 saturated heterocycles. The van der Waals surface area contributed by atoms with E-state index in [0.29, 0.717) is 18.8 Å². The molecule has 30 heavy (non-hydrogen) atoms.